The van der Waals surface area contributed by atoms with Crippen molar-refractivity contribution in [3.05, 3.63) is 12.2 Å². The SMILES string of the molecule is C=C(C)C(=O)N(C1CCCCO1)C1CCCCO1. The van der Waals surface area contributed by atoms with E-state index in [-0.39, 0.29) is 18.4 Å². The number of hydrogen-bond donors (Lipinski definition) is 0. The van der Waals surface area contributed by atoms with E-state index in [0.29, 0.717) is 5.57 Å². The van der Waals surface area contributed by atoms with Crippen LogP contribution in [0.15, 0.2) is 12.2 Å². The Morgan fingerprint density at radius 2 is 1.56 bits per heavy atom. The van der Waals surface area contributed by atoms with Gasteiger partial charge in [0, 0.05) is 18.8 Å². The Kier molecular flexibility index (Phi) is 4.78. The molecule has 0 N–H and O–H groups in total. The minimum absolute atomic E-state index is 0.0335. The molecule has 2 rings (SSSR count). The molecule has 2 fully saturated rings. The van der Waals surface area contributed by atoms with Crippen LogP contribution in [-0.4, -0.2) is 36.5 Å². The fourth-order valence-corrected chi connectivity index (χ4v) is 2.55. The van der Waals surface area contributed by atoms with Crippen LogP contribution < -0.4 is 0 Å². The molecule has 2 atom stereocenters. The first-order valence-electron chi connectivity index (χ1n) is 6.91. The van der Waals surface area contributed by atoms with Gasteiger partial charge in [0.1, 0.15) is 12.5 Å². The van der Waals surface area contributed by atoms with E-state index in [1.54, 1.807) is 11.8 Å². The summed E-state index contributed by atoms with van der Waals surface area (Å²) in [5.41, 5.74) is 0.554. The number of ether oxygens (including phenoxy) is 2. The maximum Gasteiger partial charge on any atom is 0.252 e. The Labute approximate surface area is 109 Å². The third kappa shape index (κ3) is 3.12. The van der Waals surface area contributed by atoms with Gasteiger partial charge in [-0.2, -0.15) is 0 Å². The summed E-state index contributed by atoms with van der Waals surface area (Å²) in [4.78, 5) is 14.1. The van der Waals surface area contributed by atoms with E-state index < -0.39 is 0 Å². The highest BCUT2D eigenvalue weighted by atomic mass is 16.5. The van der Waals surface area contributed by atoms with Gasteiger partial charge in [0.05, 0.1) is 0 Å². The molecule has 0 aromatic carbocycles. The largest absolute Gasteiger partial charge is 0.358 e. The average molecular weight is 253 g/mol. The van der Waals surface area contributed by atoms with E-state index in [1.807, 2.05) is 0 Å². The summed E-state index contributed by atoms with van der Waals surface area (Å²) in [6.07, 6.45) is 5.91. The van der Waals surface area contributed by atoms with Crippen LogP contribution in [0.3, 0.4) is 0 Å². The monoisotopic (exact) mass is 253 g/mol. The normalized spacial score (nSPS) is 28.7. The summed E-state index contributed by atoms with van der Waals surface area (Å²) in [5, 5.41) is 0. The first-order valence-corrected chi connectivity index (χ1v) is 6.91. The fraction of sp³-hybridized carbons (Fsp3) is 0.786. The van der Waals surface area contributed by atoms with Gasteiger partial charge < -0.3 is 9.47 Å². The summed E-state index contributed by atoms with van der Waals surface area (Å²) in [5.74, 6) is -0.0335. The molecule has 0 radical (unpaired) electrons. The van der Waals surface area contributed by atoms with Crippen molar-refractivity contribution in [1.29, 1.82) is 0 Å². The average Bonchev–Trinajstić information content (AvgIpc) is 2.41. The highest BCUT2D eigenvalue weighted by Crippen LogP contribution is 2.25. The summed E-state index contributed by atoms with van der Waals surface area (Å²) >= 11 is 0. The second kappa shape index (κ2) is 6.34. The Balaban J connectivity index is 2.10. The van der Waals surface area contributed by atoms with E-state index in [4.69, 9.17) is 9.47 Å². The number of amides is 1. The van der Waals surface area contributed by atoms with E-state index in [1.165, 1.54) is 0 Å². The second-order valence-electron chi connectivity index (χ2n) is 5.14. The molecular weight excluding hydrogens is 230 g/mol. The van der Waals surface area contributed by atoms with Crippen molar-refractivity contribution < 1.29 is 14.3 Å². The Morgan fingerprint density at radius 3 is 1.89 bits per heavy atom. The predicted octanol–water partition coefficient (Wildman–Crippen LogP) is 2.44. The first-order chi connectivity index (χ1) is 8.70. The van der Waals surface area contributed by atoms with Crippen molar-refractivity contribution in [2.24, 2.45) is 0 Å². The van der Waals surface area contributed by atoms with Gasteiger partial charge in [-0.3, -0.25) is 9.69 Å². The summed E-state index contributed by atoms with van der Waals surface area (Å²) < 4.78 is 11.5. The van der Waals surface area contributed by atoms with Crippen molar-refractivity contribution in [1.82, 2.24) is 4.90 Å². The zero-order valence-electron chi connectivity index (χ0n) is 11.2. The van der Waals surface area contributed by atoms with Gasteiger partial charge in [-0.1, -0.05) is 6.58 Å². The molecule has 0 aromatic rings. The number of nitrogens with zero attached hydrogens (tertiary/aromatic N) is 1. The van der Waals surface area contributed by atoms with Crippen LogP contribution in [0.25, 0.3) is 0 Å². The lowest BCUT2D eigenvalue weighted by atomic mass is 10.1. The predicted molar refractivity (Wildman–Crippen MR) is 68.8 cm³/mol. The molecule has 18 heavy (non-hydrogen) atoms. The molecule has 2 aliphatic heterocycles. The van der Waals surface area contributed by atoms with Gasteiger partial charge in [-0.15, -0.1) is 0 Å². The van der Waals surface area contributed by atoms with Gasteiger partial charge in [0.15, 0.2) is 0 Å². The van der Waals surface area contributed by atoms with Gasteiger partial charge in [0.2, 0.25) is 0 Å². The van der Waals surface area contributed by atoms with Crippen molar-refractivity contribution in [3.63, 3.8) is 0 Å². The lowest BCUT2D eigenvalue weighted by Crippen LogP contribution is -2.51. The molecule has 0 saturated carbocycles. The van der Waals surface area contributed by atoms with E-state index in [9.17, 15) is 4.79 Å². The van der Waals surface area contributed by atoms with Gasteiger partial charge in [-0.05, 0) is 45.4 Å². The van der Waals surface area contributed by atoms with Gasteiger partial charge in [0.25, 0.3) is 5.91 Å². The van der Waals surface area contributed by atoms with Crippen LogP contribution in [0.5, 0.6) is 0 Å². The van der Waals surface area contributed by atoms with Crippen molar-refractivity contribution in [2.75, 3.05) is 13.2 Å². The zero-order valence-corrected chi connectivity index (χ0v) is 11.2. The number of hydrogen-bond acceptors (Lipinski definition) is 3. The van der Waals surface area contributed by atoms with E-state index >= 15 is 0 Å². The second-order valence-corrected chi connectivity index (χ2v) is 5.14. The Morgan fingerprint density at radius 1 is 1.06 bits per heavy atom. The third-order valence-electron chi connectivity index (χ3n) is 3.53. The Hall–Kier alpha value is -0.870. The molecule has 102 valence electrons. The van der Waals surface area contributed by atoms with E-state index in [2.05, 4.69) is 6.58 Å². The first kappa shape index (κ1) is 13.6. The van der Waals surface area contributed by atoms with Crippen LogP contribution in [0.2, 0.25) is 0 Å². The minimum atomic E-state index is -0.133. The Bertz CT molecular complexity index is 286. The zero-order chi connectivity index (χ0) is 13.0. The maximum atomic E-state index is 12.3. The van der Waals surface area contributed by atoms with E-state index in [0.717, 1.165) is 51.7 Å². The molecule has 4 heteroatoms. The smallest absolute Gasteiger partial charge is 0.252 e. The van der Waals surface area contributed by atoms with Crippen LogP contribution in [-0.2, 0) is 14.3 Å². The molecule has 1 amide bonds. The fourth-order valence-electron chi connectivity index (χ4n) is 2.55. The summed E-state index contributed by atoms with van der Waals surface area (Å²) in [6, 6.07) is 0. The van der Waals surface area contributed by atoms with Crippen molar-refractivity contribution >= 4 is 5.91 Å². The molecule has 2 saturated heterocycles. The highest BCUT2D eigenvalue weighted by molar-refractivity contribution is 5.92. The number of rotatable bonds is 3. The molecule has 0 bridgehead atoms. The number of carbonyl (C=O) groups excluding carboxylic acids is 1. The van der Waals surface area contributed by atoms with Crippen LogP contribution >= 0.6 is 0 Å². The standard InChI is InChI=1S/C14H23NO3/c1-11(2)14(16)15(12-7-3-5-9-17-12)13-8-4-6-10-18-13/h12-13H,1,3-10H2,2H3. The van der Waals surface area contributed by atoms with Crippen LogP contribution in [0.1, 0.15) is 45.4 Å². The molecule has 0 aromatic heterocycles. The molecule has 2 unspecified atom stereocenters. The molecule has 0 aliphatic carbocycles. The van der Waals surface area contributed by atoms with Crippen molar-refractivity contribution in [2.45, 2.75) is 57.9 Å². The third-order valence-corrected chi connectivity index (χ3v) is 3.53. The molecule has 2 aliphatic rings. The number of carbonyl (C=O) groups is 1. The topological polar surface area (TPSA) is 38.8 Å². The quantitative estimate of drug-likeness (QED) is 0.725. The highest BCUT2D eigenvalue weighted by Gasteiger charge is 2.34. The van der Waals surface area contributed by atoms with Gasteiger partial charge >= 0.3 is 0 Å². The molecule has 4 nitrogen and oxygen atoms in total. The minimum Gasteiger partial charge on any atom is -0.358 e. The lowest BCUT2D eigenvalue weighted by molar-refractivity contribution is -0.187. The molecular formula is C14H23NO3. The van der Waals surface area contributed by atoms with Gasteiger partial charge in [-0.25, -0.2) is 0 Å². The van der Waals surface area contributed by atoms with Crippen LogP contribution in [0.4, 0.5) is 0 Å². The summed E-state index contributed by atoms with van der Waals surface area (Å²) in [6.45, 7) is 6.98. The molecule has 2 heterocycles. The lowest BCUT2D eigenvalue weighted by Gasteiger charge is -2.40. The van der Waals surface area contributed by atoms with Crippen LogP contribution in [0, 0.1) is 0 Å². The molecule has 0 spiro atoms. The van der Waals surface area contributed by atoms with Crippen molar-refractivity contribution in [3.8, 4) is 0 Å². The maximum absolute atomic E-state index is 12.3. The summed E-state index contributed by atoms with van der Waals surface area (Å²) in [7, 11) is 0.